The van der Waals surface area contributed by atoms with Crippen LogP contribution < -0.4 is 5.32 Å². The standard InChI is InChI=1S/C9H13N3O3/c1-15-5-2-7(9(13)14)12-8-6-10-3-4-11-8/h3-4,6-7H,2,5H2,1H3,(H,11,12)(H,13,14). The predicted octanol–water partition coefficient (Wildman–Crippen LogP) is 0.378. The van der Waals surface area contributed by atoms with E-state index in [4.69, 9.17) is 9.84 Å². The van der Waals surface area contributed by atoms with E-state index < -0.39 is 12.0 Å². The molecule has 15 heavy (non-hydrogen) atoms. The number of carbonyl (C=O) groups is 1. The SMILES string of the molecule is COCCC(Nc1cnccn1)C(=O)O. The Labute approximate surface area is 87.3 Å². The summed E-state index contributed by atoms with van der Waals surface area (Å²) in [6.45, 7) is 0.379. The zero-order chi connectivity index (χ0) is 11.1. The second kappa shape index (κ2) is 5.92. The Balaban J connectivity index is 2.55. The molecular formula is C9H13N3O3. The van der Waals surface area contributed by atoms with Gasteiger partial charge in [-0.25, -0.2) is 9.78 Å². The number of aliphatic carboxylic acids is 1. The third kappa shape index (κ3) is 3.90. The summed E-state index contributed by atoms with van der Waals surface area (Å²) < 4.78 is 4.82. The molecule has 0 amide bonds. The van der Waals surface area contributed by atoms with Crippen LogP contribution in [-0.2, 0) is 9.53 Å². The van der Waals surface area contributed by atoms with Gasteiger partial charge in [0, 0.05) is 32.5 Å². The molecule has 1 aromatic heterocycles. The van der Waals surface area contributed by atoms with Crippen LogP contribution in [0.15, 0.2) is 18.6 Å². The fraction of sp³-hybridized carbons (Fsp3) is 0.444. The first kappa shape index (κ1) is 11.4. The third-order valence-electron chi connectivity index (χ3n) is 1.79. The highest BCUT2D eigenvalue weighted by atomic mass is 16.5. The molecular weight excluding hydrogens is 198 g/mol. The first-order chi connectivity index (χ1) is 7.24. The van der Waals surface area contributed by atoms with Crippen LogP contribution in [0.2, 0.25) is 0 Å². The number of nitrogens with one attached hydrogen (secondary N) is 1. The second-order valence-electron chi connectivity index (χ2n) is 2.91. The molecule has 0 radical (unpaired) electrons. The number of anilines is 1. The zero-order valence-electron chi connectivity index (χ0n) is 8.38. The number of methoxy groups -OCH3 is 1. The second-order valence-corrected chi connectivity index (χ2v) is 2.91. The molecule has 1 heterocycles. The van der Waals surface area contributed by atoms with Crippen molar-refractivity contribution in [3.8, 4) is 0 Å². The van der Waals surface area contributed by atoms with Crippen LogP contribution in [0.1, 0.15) is 6.42 Å². The largest absolute Gasteiger partial charge is 0.480 e. The van der Waals surface area contributed by atoms with Gasteiger partial charge >= 0.3 is 5.97 Å². The van der Waals surface area contributed by atoms with Gasteiger partial charge < -0.3 is 15.2 Å². The van der Waals surface area contributed by atoms with Crippen LogP contribution in [0.25, 0.3) is 0 Å². The quantitative estimate of drug-likeness (QED) is 0.707. The van der Waals surface area contributed by atoms with Crippen molar-refractivity contribution in [1.29, 1.82) is 0 Å². The highest BCUT2D eigenvalue weighted by Crippen LogP contribution is 2.04. The van der Waals surface area contributed by atoms with E-state index in [1.807, 2.05) is 0 Å². The number of rotatable bonds is 6. The molecule has 0 saturated carbocycles. The lowest BCUT2D eigenvalue weighted by molar-refractivity contribution is -0.138. The van der Waals surface area contributed by atoms with Crippen LogP contribution in [0.5, 0.6) is 0 Å². The molecule has 0 spiro atoms. The van der Waals surface area contributed by atoms with Crippen LogP contribution in [0.3, 0.4) is 0 Å². The normalized spacial score (nSPS) is 12.1. The fourth-order valence-corrected chi connectivity index (χ4v) is 1.05. The van der Waals surface area contributed by atoms with E-state index in [0.29, 0.717) is 18.8 Å². The summed E-state index contributed by atoms with van der Waals surface area (Å²) in [6.07, 6.45) is 4.87. The number of hydrogen-bond donors (Lipinski definition) is 2. The molecule has 1 aromatic rings. The number of carboxylic acid groups (broad SMARTS) is 1. The lowest BCUT2D eigenvalue weighted by atomic mass is 10.2. The zero-order valence-corrected chi connectivity index (χ0v) is 8.38. The first-order valence-electron chi connectivity index (χ1n) is 4.48. The van der Waals surface area contributed by atoms with Gasteiger partial charge in [-0.05, 0) is 0 Å². The molecule has 6 heteroatoms. The average molecular weight is 211 g/mol. The topological polar surface area (TPSA) is 84.3 Å². The summed E-state index contributed by atoms with van der Waals surface area (Å²) in [5.41, 5.74) is 0. The molecule has 1 rings (SSSR count). The van der Waals surface area contributed by atoms with Crippen molar-refractivity contribution in [3.63, 3.8) is 0 Å². The minimum atomic E-state index is -0.933. The van der Waals surface area contributed by atoms with Gasteiger partial charge in [-0.3, -0.25) is 4.98 Å². The van der Waals surface area contributed by atoms with Gasteiger partial charge in [-0.15, -0.1) is 0 Å². The number of hydrogen-bond acceptors (Lipinski definition) is 5. The van der Waals surface area contributed by atoms with Gasteiger partial charge in [0.2, 0.25) is 0 Å². The van der Waals surface area contributed by atoms with Crippen LogP contribution in [0.4, 0.5) is 5.82 Å². The van der Waals surface area contributed by atoms with E-state index >= 15 is 0 Å². The summed E-state index contributed by atoms with van der Waals surface area (Å²) in [5.74, 6) is -0.487. The van der Waals surface area contributed by atoms with Gasteiger partial charge in [0.1, 0.15) is 11.9 Å². The molecule has 6 nitrogen and oxygen atoms in total. The number of ether oxygens (including phenoxy) is 1. The Morgan fingerprint density at radius 2 is 2.47 bits per heavy atom. The van der Waals surface area contributed by atoms with E-state index in [1.165, 1.54) is 25.7 Å². The Kier molecular flexibility index (Phi) is 4.49. The van der Waals surface area contributed by atoms with Gasteiger partial charge in [0.25, 0.3) is 0 Å². The summed E-state index contributed by atoms with van der Waals surface area (Å²) >= 11 is 0. The Hall–Kier alpha value is -1.69. The molecule has 0 aromatic carbocycles. The molecule has 0 saturated heterocycles. The Bertz CT molecular complexity index is 305. The molecule has 0 aliphatic heterocycles. The van der Waals surface area contributed by atoms with E-state index in [9.17, 15) is 4.79 Å². The summed E-state index contributed by atoms with van der Waals surface area (Å²) in [5, 5.41) is 11.7. The number of aromatic nitrogens is 2. The summed E-state index contributed by atoms with van der Waals surface area (Å²) in [7, 11) is 1.53. The maximum Gasteiger partial charge on any atom is 0.326 e. The first-order valence-corrected chi connectivity index (χ1v) is 4.48. The smallest absolute Gasteiger partial charge is 0.326 e. The van der Waals surface area contributed by atoms with Gasteiger partial charge in [-0.1, -0.05) is 0 Å². The predicted molar refractivity (Wildman–Crippen MR) is 53.6 cm³/mol. The van der Waals surface area contributed by atoms with E-state index in [0.717, 1.165) is 0 Å². The van der Waals surface area contributed by atoms with Crippen LogP contribution >= 0.6 is 0 Å². The molecule has 2 N–H and O–H groups in total. The van der Waals surface area contributed by atoms with Crippen molar-refractivity contribution in [2.24, 2.45) is 0 Å². The number of nitrogens with zero attached hydrogens (tertiary/aromatic N) is 2. The third-order valence-corrected chi connectivity index (χ3v) is 1.79. The Morgan fingerprint density at radius 1 is 1.67 bits per heavy atom. The van der Waals surface area contributed by atoms with Gasteiger partial charge in [0.15, 0.2) is 0 Å². The Morgan fingerprint density at radius 3 is 3.00 bits per heavy atom. The van der Waals surface area contributed by atoms with E-state index in [-0.39, 0.29) is 0 Å². The summed E-state index contributed by atoms with van der Waals surface area (Å²) in [4.78, 5) is 18.6. The monoisotopic (exact) mass is 211 g/mol. The van der Waals surface area contributed by atoms with Crippen molar-refractivity contribution in [2.45, 2.75) is 12.5 Å². The fourth-order valence-electron chi connectivity index (χ4n) is 1.05. The lowest BCUT2D eigenvalue weighted by Gasteiger charge is -2.13. The molecule has 1 atom stereocenters. The summed E-state index contributed by atoms with van der Waals surface area (Å²) in [6, 6.07) is -0.707. The molecule has 0 aliphatic rings. The average Bonchev–Trinajstić information content (AvgIpc) is 2.25. The molecule has 0 fully saturated rings. The van der Waals surface area contributed by atoms with Crippen molar-refractivity contribution < 1.29 is 14.6 Å². The van der Waals surface area contributed by atoms with Crippen molar-refractivity contribution in [2.75, 3.05) is 19.0 Å². The molecule has 0 aliphatic carbocycles. The maximum atomic E-state index is 10.8. The van der Waals surface area contributed by atoms with Crippen LogP contribution in [0, 0.1) is 0 Å². The van der Waals surface area contributed by atoms with Crippen molar-refractivity contribution in [3.05, 3.63) is 18.6 Å². The minimum Gasteiger partial charge on any atom is -0.480 e. The van der Waals surface area contributed by atoms with Crippen molar-refractivity contribution in [1.82, 2.24) is 9.97 Å². The number of carboxylic acids is 1. The molecule has 82 valence electrons. The van der Waals surface area contributed by atoms with Crippen LogP contribution in [-0.4, -0.2) is 40.8 Å². The highest BCUT2D eigenvalue weighted by molar-refractivity contribution is 5.76. The lowest BCUT2D eigenvalue weighted by Crippen LogP contribution is -2.30. The van der Waals surface area contributed by atoms with E-state index in [2.05, 4.69) is 15.3 Å². The minimum absolute atomic E-state index is 0.377. The van der Waals surface area contributed by atoms with Gasteiger partial charge in [0.05, 0.1) is 6.20 Å². The highest BCUT2D eigenvalue weighted by Gasteiger charge is 2.16. The van der Waals surface area contributed by atoms with E-state index in [1.54, 1.807) is 0 Å². The van der Waals surface area contributed by atoms with Crippen molar-refractivity contribution >= 4 is 11.8 Å². The molecule has 1 unspecified atom stereocenters. The maximum absolute atomic E-state index is 10.8. The van der Waals surface area contributed by atoms with Gasteiger partial charge in [-0.2, -0.15) is 0 Å². The molecule has 0 bridgehead atoms.